The number of nitrogens with one attached hydrogen (secondary N) is 1. The molecule has 1 amide bonds. The molecule has 0 atom stereocenters. The topological polar surface area (TPSA) is 42.2 Å². The van der Waals surface area contributed by atoms with Gasteiger partial charge in [-0.25, -0.2) is 0 Å². The summed E-state index contributed by atoms with van der Waals surface area (Å²) in [5.74, 6) is 1.67. The van der Waals surface area contributed by atoms with Crippen molar-refractivity contribution >= 4 is 5.91 Å². The van der Waals surface area contributed by atoms with Gasteiger partial charge in [0.15, 0.2) is 0 Å². The van der Waals surface area contributed by atoms with Crippen molar-refractivity contribution in [1.29, 1.82) is 0 Å². The van der Waals surface area contributed by atoms with Crippen molar-refractivity contribution in [3.63, 3.8) is 0 Å². The number of benzene rings is 1. The van der Waals surface area contributed by atoms with Gasteiger partial charge in [-0.05, 0) is 39.0 Å². The largest absolute Gasteiger partial charge is 0.466 e. The van der Waals surface area contributed by atoms with Crippen LogP contribution >= 0.6 is 0 Å². The highest BCUT2D eigenvalue weighted by molar-refractivity contribution is 5.94. The van der Waals surface area contributed by atoms with Gasteiger partial charge in [0.2, 0.25) is 0 Å². The van der Waals surface area contributed by atoms with E-state index in [-0.39, 0.29) is 5.91 Å². The maximum Gasteiger partial charge on any atom is 0.251 e. The van der Waals surface area contributed by atoms with E-state index in [1.807, 2.05) is 51.1 Å². The van der Waals surface area contributed by atoms with Crippen molar-refractivity contribution in [3.05, 3.63) is 58.5 Å². The zero-order chi connectivity index (χ0) is 13.1. The number of carbonyl (C=O) groups excluding carboxylic acids is 1. The fraction of sp³-hybridized carbons (Fsp3) is 0.267. The molecule has 1 heterocycles. The molecule has 2 rings (SSSR count). The first-order chi connectivity index (χ1) is 8.56. The van der Waals surface area contributed by atoms with E-state index in [1.165, 1.54) is 0 Å². The normalized spacial score (nSPS) is 10.4. The second-order valence-corrected chi connectivity index (χ2v) is 4.49. The first kappa shape index (κ1) is 12.4. The molecular weight excluding hydrogens is 226 g/mol. The highest BCUT2D eigenvalue weighted by Gasteiger charge is 2.08. The molecule has 2 aromatic rings. The Hall–Kier alpha value is -2.03. The Balaban J connectivity index is 2.02. The van der Waals surface area contributed by atoms with Gasteiger partial charge in [0.05, 0.1) is 0 Å². The Morgan fingerprint density at radius 1 is 1.22 bits per heavy atom. The number of hydrogen-bond acceptors (Lipinski definition) is 2. The molecule has 0 aliphatic rings. The predicted octanol–water partition coefficient (Wildman–Crippen LogP) is 3.13. The molecule has 94 valence electrons. The number of hydrogen-bond donors (Lipinski definition) is 1. The molecule has 0 bridgehead atoms. The molecule has 0 aliphatic heterocycles. The van der Waals surface area contributed by atoms with Gasteiger partial charge in [-0.15, -0.1) is 0 Å². The first-order valence-electron chi connectivity index (χ1n) is 5.97. The van der Waals surface area contributed by atoms with Gasteiger partial charge in [-0.2, -0.15) is 0 Å². The maximum atomic E-state index is 11.9. The van der Waals surface area contributed by atoms with E-state index < -0.39 is 0 Å². The summed E-state index contributed by atoms with van der Waals surface area (Å²) < 4.78 is 5.42. The van der Waals surface area contributed by atoms with E-state index in [0.29, 0.717) is 12.1 Å². The molecule has 0 fully saturated rings. The molecule has 1 aromatic heterocycles. The van der Waals surface area contributed by atoms with Gasteiger partial charge in [0.25, 0.3) is 5.91 Å². The predicted molar refractivity (Wildman–Crippen MR) is 70.5 cm³/mol. The van der Waals surface area contributed by atoms with Crippen LogP contribution in [0.15, 0.2) is 34.7 Å². The van der Waals surface area contributed by atoms with Crippen LogP contribution in [-0.2, 0) is 6.54 Å². The monoisotopic (exact) mass is 243 g/mol. The molecule has 0 aliphatic carbocycles. The van der Waals surface area contributed by atoms with Gasteiger partial charge in [-0.3, -0.25) is 4.79 Å². The van der Waals surface area contributed by atoms with E-state index >= 15 is 0 Å². The van der Waals surface area contributed by atoms with Gasteiger partial charge >= 0.3 is 0 Å². The Morgan fingerprint density at radius 3 is 2.61 bits per heavy atom. The van der Waals surface area contributed by atoms with Crippen LogP contribution in [-0.4, -0.2) is 5.91 Å². The van der Waals surface area contributed by atoms with Crippen molar-refractivity contribution in [2.45, 2.75) is 27.3 Å². The van der Waals surface area contributed by atoms with E-state index in [4.69, 9.17) is 4.42 Å². The zero-order valence-electron chi connectivity index (χ0n) is 10.9. The first-order valence-corrected chi connectivity index (χ1v) is 5.97. The summed E-state index contributed by atoms with van der Waals surface area (Å²) in [6.07, 6.45) is 0. The number of carbonyl (C=O) groups is 1. The molecule has 0 spiro atoms. The summed E-state index contributed by atoms with van der Waals surface area (Å²) >= 11 is 0. The fourth-order valence-electron chi connectivity index (χ4n) is 1.92. The summed E-state index contributed by atoms with van der Waals surface area (Å²) in [5, 5.41) is 2.90. The van der Waals surface area contributed by atoms with Crippen molar-refractivity contribution in [1.82, 2.24) is 5.32 Å². The minimum Gasteiger partial charge on any atom is -0.466 e. The van der Waals surface area contributed by atoms with Gasteiger partial charge < -0.3 is 9.73 Å². The van der Waals surface area contributed by atoms with Crippen LogP contribution in [0.2, 0.25) is 0 Å². The van der Waals surface area contributed by atoms with Crippen LogP contribution in [0, 0.1) is 20.8 Å². The highest BCUT2D eigenvalue weighted by Crippen LogP contribution is 2.13. The lowest BCUT2D eigenvalue weighted by Crippen LogP contribution is -2.22. The summed E-state index contributed by atoms with van der Waals surface area (Å²) in [7, 11) is 0. The van der Waals surface area contributed by atoms with E-state index in [0.717, 1.165) is 22.6 Å². The molecular formula is C15H17NO2. The van der Waals surface area contributed by atoms with Crippen molar-refractivity contribution < 1.29 is 9.21 Å². The molecule has 0 saturated heterocycles. The fourth-order valence-corrected chi connectivity index (χ4v) is 1.92. The lowest BCUT2D eigenvalue weighted by molar-refractivity contribution is 0.0950. The Morgan fingerprint density at radius 2 is 2.00 bits per heavy atom. The number of furan rings is 1. The molecule has 1 aromatic carbocycles. The van der Waals surface area contributed by atoms with Gasteiger partial charge in [-0.1, -0.05) is 17.7 Å². The minimum atomic E-state index is -0.0584. The van der Waals surface area contributed by atoms with Crippen LogP contribution in [0.4, 0.5) is 0 Å². The Bertz CT molecular complexity index is 570. The Kier molecular flexibility index (Phi) is 3.51. The number of rotatable bonds is 3. The van der Waals surface area contributed by atoms with Crippen molar-refractivity contribution in [2.24, 2.45) is 0 Å². The molecule has 0 radical (unpaired) electrons. The van der Waals surface area contributed by atoms with Crippen LogP contribution < -0.4 is 5.32 Å². The van der Waals surface area contributed by atoms with Gasteiger partial charge in [0.1, 0.15) is 11.5 Å². The van der Waals surface area contributed by atoms with E-state index in [9.17, 15) is 4.79 Å². The summed E-state index contributed by atoms with van der Waals surface area (Å²) in [5.41, 5.74) is 2.79. The lowest BCUT2D eigenvalue weighted by atomic mass is 10.1. The lowest BCUT2D eigenvalue weighted by Gasteiger charge is -2.05. The second kappa shape index (κ2) is 5.08. The smallest absolute Gasteiger partial charge is 0.251 e. The third-order valence-corrected chi connectivity index (χ3v) is 2.86. The van der Waals surface area contributed by atoms with Gasteiger partial charge in [0, 0.05) is 17.7 Å². The third-order valence-electron chi connectivity index (χ3n) is 2.86. The Labute approximate surface area is 107 Å². The summed E-state index contributed by atoms with van der Waals surface area (Å²) in [4.78, 5) is 11.9. The number of aryl methyl sites for hydroxylation is 3. The molecule has 0 saturated carbocycles. The second-order valence-electron chi connectivity index (χ2n) is 4.49. The molecule has 3 nitrogen and oxygen atoms in total. The maximum absolute atomic E-state index is 11.9. The molecule has 0 unspecified atom stereocenters. The average Bonchev–Trinajstić information content (AvgIpc) is 2.65. The summed E-state index contributed by atoms with van der Waals surface area (Å²) in [6, 6.07) is 9.50. The highest BCUT2D eigenvalue weighted by atomic mass is 16.3. The van der Waals surface area contributed by atoms with Crippen LogP contribution in [0.3, 0.4) is 0 Å². The van der Waals surface area contributed by atoms with E-state index in [2.05, 4.69) is 5.32 Å². The summed E-state index contributed by atoms with van der Waals surface area (Å²) in [6.45, 7) is 6.27. The number of amides is 1. The molecule has 1 N–H and O–H groups in total. The van der Waals surface area contributed by atoms with E-state index in [1.54, 1.807) is 0 Å². The van der Waals surface area contributed by atoms with Crippen molar-refractivity contribution in [2.75, 3.05) is 0 Å². The average molecular weight is 243 g/mol. The molecule has 18 heavy (non-hydrogen) atoms. The van der Waals surface area contributed by atoms with Crippen LogP contribution in [0.25, 0.3) is 0 Å². The third kappa shape index (κ3) is 2.80. The van der Waals surface area contributed by atoms with Crippen molar-refractivity contribution in [3.8, 4) is 0 Å². The quantitative estimate of drug-likeness (QED) is 0.899. The molecule has 3 heteroatoms. The minimum absolute atomic E-state index is 0.0584. The zero-order valence-corrected chi connectivity index (χ0v) is 10.9. The SMILES string of the molecule is Cc1cccc(C(=O)NCc2cc(C)oc2C)c1. The standard InChI is InChI=1S/C15H17NO2/c1-10-5-4-6-13(7-10)15(17)16-9-14-8-11(2)18-12(14)3/h4-8H,9H2,1-3H3,(H,16,17). The van der Waals surface area contributed by atoms with Crippen LogP contribution in [0.1, 0.15) is 33.0 Å². The van der Waals surface area contributed by atoms with Crippen LogP contribution in [0.5, 0.6) is 0 Å².